The molecule has 0 unspecified atom stereocenters. The zero-order chi connectivity index (χ0) is 22.5. The summed E-state index contributed by atoms with van der Waals surface area (Å²) in [5, 5.41) is 6.41. The number of amides is 1. The number of aromatic nitrogens is 1. The highest BCUT2D eigenvalue weighted by atomic mass is 79.9. The summed E-state index contributed by atoms with van der Waals surface area (Å²) in [5.41, 5.74) is 10.6. The minimum atomic E-state index is -0.192. The fourth-order valence-corrected chi connectivity index (χ4v) is 4.81. The summed E-state index contributed by atoms with van der Waals surface area (Å²) in [5.74, 6) is 0.529. The molecule has 0 radical (unpaired) electrons. The van der Waals surface area contributed by atoms with E-state index < -0.39 is 0 Å². The number of rotatable bonds is 7. The van der Waals surface area contributed by atoms with E-state index in [-0.39, 0.29) is 18.0 Å². The van der Waals surface area contributed by atoms with Gasteiger partial charge in [0.05, 0.1) is 0 Å². The first-order valence-electron chi connectivity index (χ1n) is 11.0. The van der Waals surface area contributed by atoms with Gasteiger partial charge in [0.25, 0.3) is 11.5 Å². The van der Waals surface area contributed by atoms with E-state index in [0.717, 1.165) is 58.7 Å². The van der Waals surface area contributed by atoms with Crippen molar-refractivity contribution >= 4 is 27.5 Å². The van der Waals surface area contributed by atoms with Crippen molar-refractivity contribution in [1.29, 1.82) is 0 Å². The molecule has 31 heavy (non-hydrogen) atoms. The maximum absolute atomic E-state index is 12.9. The molecule has 1 heterocycles. The first-order chi connectivity index (χ1) is 14.7. The topological polar surface area (TPSA) is 100 Å². The molecule has 2 aromatic rings. The molecule has 1 aliphatic rings. The number of pyridine rings is 1. The summed E-state index contributed by atoms with van der Waals surface area (Å²) >= 11 is 3.53. The molecule has 7 heteroatoms. The molecule has 0 spiro atoms. The van der Waals surface area contributed by atoms with Crippen LogP contribution in [-0.4, -0.2) is 23.5 Å². The van der Waals surface area contributed by atoms with Crippen molar-refractivity contribution in [2.75, 3.05) is 11.9 Å². The van der Waals surface area contributed by atoms with Gasteiger partial charge in [-0.15, -0.1) is 0 Å². The lowest BCUT2D eigenvalue weighted by molar-refractivity contribution is 0.0950. The number of nitrogens with two attached hydrogens (primary N) is 1. The van der Waals surface area contributed by atoms with Gasteiger partial charge in [0, 0.05) is 46.1 Å². The summed E-state index contributed by atoms with van der Waals surface area (Å²) in [6, 6.07) is 6.12. The third-order valence-corrected chi connectivity index (χ3v) is 6.75. The molecule has 5 N–H and O–H groups in total. The number of aryl methyl sites for hydroxylation is 2. The Morgan fingerprint density at radius 1 is 1.16 bits per heavy atom. The number of anilines is 1. The number of halogens is 1. The Bertz CT molecular complexity index is 994. The van der Waals surface area contributed by atoms with Crippen molar-refractivity contribution in [3.8, 4) is 0 Å². The molecule has 3 rings (SSSR count). The zero-order valence-corrected chi connectivity index (χ0v) is 20.2. The zero-order valence-electron chi connectivity index (χ0n) is 18.6. The van der Waals surface area contributed by atoms with Gasteiger partial charge < -0.3 is 21.4 Å². The highest BCUT2D eigenvalue weighted by molar-refractivity contribution is 9.10. The Morgan fingerprint density at radius 2 is 1.87 bits per heavy atom. The van der Waals surface area contributed by atoms with Gasteiger partial charge in [-0.1, -0.05) is 15.9 Å². The summed E-state index contributed by atoms with van der Waals surface area (Å²) in [6.07, 6.45) is 5.75. The van der Waals surface area contributed by atoms with Crippen molar-refractivity contribution in [3.05, 3.63) is 61.0 Å². The lowest BCUT2D eigenvalue weighted by atomic mass is 9.84. The van der Waals surface area contributed by atoms with Gasteiger partial charge in [-0.3, -0.25) is 9.59 Å². The monoisotopic (exact) mass is 488 g/mol. The van der Waals surface area contributed by atoms with E-state index in [1.807, 2.05) is 39.0 Å². The average molecular weight is 489 g/mol. The first kappa shape index (κ1) is 23.5. The van der Waals surface area contributed by atoms with Crippen LogP contribution in [0, 0.1) is 26.7 Å². The second-order valence-electron chi connectivity index (χ2n) is 8.75. The van der Waals surface area contributed by atoms with E-state index in [0.29, 0.717) is 17.2 Å². The Balaban J connectivity index is 1.64. The predicted octanol–water partition coefficient (Wildman–Crippen LogP) is 4.31. The Morgan fingerprint density at radius 3 is 2.55 bits per heavy atom. The summed E-state index contributed by atoms with van der Waals surface area (Å²) in [4.78, 5) is 27.9. The second kappa shape index (κ2) is 10.5. The van der Waals surface area contributed by atoms with Gasteiger partial charge in [0.2, 0.25) is 0 Å². The van der Waals surface area contributed by atoms with Gasteiger partial charge in [-0.25, -0.2) is 0 Å². The lowest BCUT2D eigenvalue weighted by Crippen LogP contribution is -2.28. The maximum Gasteiger partial charge on any atom is 0.253 e. The van der Waals surface area contributed by atoms with Gasteiger partial charge >= 0.3 is 0 Å². The molecular formula is C24H33BrN4O2. The van der Waals surface area contributed by atoms with Gasteiger partial charge in [-0.2, -0.15) is 0 Å². The van der Waals surface area contributed by atoms with E-state index in [9.17, 15) is 9.59 Å². The molecular weight excluding hydrogens is 456 g/mol. The molecule has 0 aliphatic heterocycles. The number of benzene rings is 1. The summed E-state index contributed by atoms with van der Waals surface area (Å²) < 4.78 is 0.846. The average Bonchev–Trinajstić information content (AvgIpc) is 2.70. The summed E-state index contributed by atoms with van der Waals surface area (Å²) in [6.45, 7) is 6.75. The lowest BCUT2D eigenvalue weighted by Gasteiger charge is -2.26. The minimum Gasteiger partial charge on any atom is -0.385 e. The van der Waals surface area contributed by atoms with E-state index >= 15 is 0 Å². The number of carbonyl (C=O) groups excluding carboxylic acids is 1. The molecule has 0 bridgehead atoms. The van der Waals surface area contributed by atoms with Crippen LogP contribution in [0.1, 0.15) is 64.8 Å². The third-order valence-electron chi connectivity index (χ3n) is 6.30. The van der Waals surface area contributed by atoms with Crippen molar-refractivity contribution in [1.82, 2.24) is 10.3 Å². The third kappa shape index (κ3) is 6.20. The number of nitrogens with one attached hydrogen (secondary N) is 3. The maximum atomic E-state index is 12.9. The quantitative estimate of drug-likeness (QED) is 0.466. The van der Waals surface area contributed by atoms with Crippen molar-refractivity contribution in [2.45, 2.75) is 65.5 Å². The van der Waals surface area contributed by atoms with Crippen molar-refractivity contribution in [2.24, 2.45) is 11.7 Å². The number of aromatic amines is 1. The number of carbonyl (C=O) groups is 1. The van der Waals surface area contributed by atoms with E-state index in [4.69, 9.17) is 5.73 Å². The fraction of sp³-hybridized carbons (Fsp3) is 0.500. The second-order valence-corrected chi connectivity index (χ2v) is 9.66. The Kier molecular flexibility index (Phi) is 7.94. The van der Waals surface area contributed by atoms with Crippen LogP contribution in [0.4, 0.5) is 5.69 Å². The highest BCUT2D eigenvalue weighted by Gasteiger charge is 2.19. The number of hydrogen-bond donors (Lipinski definition) is 4. The molecule has 168 valence electrons. The van der Waals surface area contributed by atoms with Crippen LogP contribution in [0.3, 0.4) is 0 Å². The molecule has 1 aliphatic carbocycles. The van der Waals surface area contributed by atoms with Crippen LogP contribution in [0.5, 0.6) is 0 Å². The van der Waals surface area contributed by atoms with E-state index in [1.165, 1.54) is 12.8 Å². The van der Waals surface area contributed by atoms with Crippen LogP contribution in [0.25, 0.3) is 0 Å². The predicted molar refractivity (Wildman–Crippen MR) is 130 cm³/mol. The van der Waals surface area contributed by atoms with Gasteiger partial charge in [-0.05, 0) is 88.1 Å². The van der Waals surface area contributed by atoms with Gasteiger partial charge in [0.15, 0.2) is 0 Å². The standard InChI is InChI=1S/C24H33BrN4O2/c1-14-10-15(2)29-24(31)21(14)13-28-23(30)20-11-18(25)12-22(16(20)3)27-9-8-17-4-6-19(26)7-5-17/h10-12,17,19,27H,4-9,13,26H2,1-3H3,(H,28,30)(H,29,31)/t17-,19+. The molecule has 1 saturated carbocycles. The Hall–Kier alpha value is -2.12. The van der Waals surface area contributed by atoms with Crippen molar-refractivity contribution < 1.29 is 4.79 Å². The SMILES string of the molecule is Cc1cc(C)c(CNC(=O)c2cc(Br)cc(NCC[C@H]3CC[C@@H](N)CC3)c2C)c(=O)[nH]1. The molecule has 1 amide bonds. The minimum absolute atomic E-state index is 0.158. The van der Waals surface area contributed by atoms with Gasteiger partial charge in [0.1, 0.15) is 0 Å². The van der Waals surface area contributed by atoms with Crippen LogP contribution >= 0.6 is 15.9 Å². The number of H-pyrrole nitrogens is 1. The summed E-state index contributed by atoms with van der Waals surface area (Å²) in [7, 11) is 0. The highest BCUT2D eigenvalue weighted by Crippen LogP contribution is 2.28. The normalized spacial score (nSPS) is 18.6. The largest absolute Gasteiger partial charge is 0.385 e. The van der Waals surface area contributed by atoms with Crippen LogP contribution in [0.15, 0.2) is 27.5 Å². The fourth-order valence-electron chi connectivity index (χ4n) is 4.35. The molecule has 6 nitrogen and oxygen atoms in total. The van der Waals surface area contributed by atoms with Crippen molar-refractivity contribution in [3.63, 3.8) is 0 Å². The number of hydrogen-bond acceptors (Lipinski definition) is 4. The molecule has 1 aromatic carbocycles. The smallest absolute Gasteiger partial charge is 0.253 e. The first-order valence-corrected chi connectivity index (χ1v) is 11.8. The molecule has 1 aromatic heterocycles. The van der Waals surface area contributed by atoms with E-state index in [1.54, 1.807) is 0 Å². The van der Waals surface area contributed by atoms with E-state index in [2.05, 4.69) is 31.5 Å². The molecule has 0 atom stereocenters. The molecule has 1 fully saturated rings. The van der Waals surface area contributed by atoms with Crippen LogP contribution in [-0.2, 0) is 6.54 Å². The van der Waals surface area contributed by atoms with Crippen LogP contribution < -0.4 is 21.9 Å². The van der Waals surface area contributed by atoms with Crippen LogP contribution in [0.2, 0.25) is 0 Å². The Labute approximate surface area is 192 Å². The molecule has 0 saturated heterocycles.